The van der Waals surface area contributed by atoms with Crippen molar-refractivity contribution in [3.05, 3.63) is 11.8 Å². The van der Waals surface area contributed by atoms with Gasteiger partial charge in [-0.3, -0.25) is 0 Å². The molecule has 1 aliphatic heterocycles. The van der Waals surface area contributed by atoms with Crippen molar-refractivity contribution in [1.82, 2.24) is 0 Å². The largest absolute Gasteiger partial charge is 0.404 e. The van der Waals surface area contributed by atoms with Gasteiger partial charge in [0.05, 0.1) is 13.2 Å². The average Bonchev–Trinajstić information content (AvgIpc) is 2.65. The third-order valence-corrected chi connectivity index (χ3v) is 2.86. The number of hydrogen-bond acceptors (Lipinski definition) is 3. The fraction of sp³-hybridized carbons (Fsp3) is 0.778. The highest BCUT2D eigenvalue weighted by molar-refractivity contribution is 5.20. The van der Waals surface area contributed by atoms with E-state index < -0.39 is 5.79 Å². The van der Waals surface area contributed by atoms with Gasteiger partial charge in [0.2, 0.25) is 0 Å². The van der Waals surface area contributed by atoms with E-state index in [4.69, 9.17) is 15.2 Å². The normalized spacial score (nSPS) is 36.8. The lowest BCUT2D eigenvalue weighted by Gasteiger charge is -2.28. The Bertz CT molecular complexity index is 207. The fourth-order valence-corrected chi connectivity index (χ4v) is 2.15. The van der Waals surface area contributed by atoms with Gasteiger partial charge in [-0.1, -0.05) is 6.92 Å². The van der Waals surface area contributed by atoms with E-state index in [1.807, 2.05) is 0 Å². The maximum absolute atomic E-state index is 5.65. The summed E-state index contributed by atoms with van der Waals surface area (Å²) in [7, 11) is 0. The first-order valence-electron chi connectivity index (χ1n) is 4.49. The fourth-order valence-electron chi connectivity index (χ4n) is 2.15. The Balaban J connectivity index is 2.29. The molecule has 1 spiro atoms. The maximum Gasteiger partial charge on any atom is 0.195 e. The molecular weight excluding hydrogens is 154 g/mol. The molecule has 1 unspecified atom stereocenters. The van der Waals surface area contributed by atoms with Crippen LogP contribution < -0.4 is 5.73 Å². The first-order valence-corrected chi connectivity index (χ1v) is 4.49. The lowest BCUT2D eigenvalue weighted by Crippen LogP contribution is -2.35. The van der Waals surface area contributed by atoms with Crippen molar-refractivity contribution in [2.24, 2.45) is 11.7 Å². The van der Waals surface area contributed by atoms with Crippen LogP contribution in [0.25, 0.3) is 0 Å². The molecule has 1 atom stereocenters. The van der Waals surface area contributed by atoms with Crippen LogP contribution in [0.2, 0.25) is 0 Å². The van der Waals surface area contributed by atoms with E-state index >= 15 is 0 Å². The summed E-state index contributed by atoms with van der Waals surface area (Å²) in [5.41, 5.74) is 6.65. The van der Waals surface area contributed by atoms with E-state index in [9.17, 15) is 0 Å². The van der Waals surface area contributed by atoms with Crippen molar-refractivity contribution in [3.63, 3.8) is 0 Å². The third-order valence-electron chi connectivity index (χ3n) is 2.86. The SMILES string of the molecule is CC1CC/C(=C\N)C12OCCO2. The summed E-state index contributed by atoms with van der Waals surface area (Å²) in [6.07, 6.45) is 3.77. The van der Waals surface area contributed by atoms with E-state index in [1.165, 1.54) is 0 Å². The highest BCUT2D eigenvalue weighted by atomic mass is 16.7. The molecule has 1 aliphatic carbocycles. The summed E-state index contributed by atoms with van der Waals surface area (Å²) < 4.78 is 11.3. The minimum atomic E-state index is -0.450. The first kappa shape index (κ1) is 8.08. The van der Waals surface area contributed by atoms with E-state index in [-0.39, 0.29) is 0 Å². The molecule has 3 heteroatoms. The van der Waals surface area contributed by atoms with Crippen LogP contribution in [0.15, 0.2) is 11.8 Å². The van der Waals surface area contributed by atoms with Gasteiger partial charge in [-0.05, 0) is 19.0 Å². The van der Waals surface area contributed by atoms with E-state index in [2.05, 4.69) is 6.92 Å². The van der Waals surface area contributed by atoms with Crippen LogP contribution in [0.1, 0.15) is 19.8 Å². The summed E-state index contributed by atoms with van der Waals surface area (Å²) in [6, 6.07) is 0. The van der Waals surface area contributed by atoms with Gasteiger partial charge in [-0.25, -0.2) is 0 Å². The van der Waals surface area contributed by atoms with Crippen molar-refractivity contribution in [1.29, 1.82) is 0 Å². The molecule has 2 aliphatic rings. The van der Waals surface area contributed by atoms with E-state index in [1.54, 1.807) is 6.20 Å². The molecule has 2 N–H and O–H groups in total. The van der Waals surface area contributed by atoms with Gasteiger partial charge in [-0.2, -0.15) is 0 Å². The Hall–Kier alpha value is -0.540. The Morgan fingerprint density at radius 3 is 2.75 bits per heavy atom. The molecule has 0 aromatic carbocycles. The molecule has 1 saturated heterocycles. The molecule has 0 amide bonds. The quantitative estimate of drug-likeness (QED) is 0.588. The lowest BCUT2D eigenvalue weighted by atomic mass is 10.0. The molecule has 1 saturated carbocycles. The molecule has 0 bridgehead atoms. The zero-order chi connectivity index (χ0) is 8.60. The van der Waals surface area contributed by atoms with Crippen molar-refractivity contribution in [3.8, 4) is 0 Å². The second-order valence-electron chi connectivity index (χ2n) is 3.50. The van der Waals surface area contributed by atoms with Crippen molar-refractivity contribution in [2.45, 2.75) is 25.6 Å². The van der Waals surface area contributed by atoms with E-state index in [0.29, 0.717) is 19.1 Å². The summed E-state index contributed by atoms with van der Waals surface area (Å²) >= 11 is 0. The number of rotatable bonds is 0. The van der Waals surface area contributed by atoms with Crippen LogP contribution in [-0.4, -0.2) is 19.0 Å². The predicted octanol–water partition coefficient (Wildman–Crippen LogP) is 1.00. The number of nitrogens with two attached hydrogens (primary N) is 1. The maximum atomic E-state index is 5.65. The van der Waals surface area contributed by atoms with Crippen LogP contribution in [-0.2, 0) is 9.47 Å². The second-order valence-corrected chi connectivity index (χ2v) is 3.50. The molecule has 68 valence electrons. The molecule has 1 heterocycles. The summed E-state index contributed by atoms with van der Waals surface area (Å²) in [6.45, 7) is 3.55. The van der Waals surface area contributed by atoms with Gasteiger partial charge in [0.25, 0.3) is 0 Å². The van der Waals surface area contributed by atoms with Crippen LogP contribution in [0.4, 0.5) is 0 Å². The van der Waals surface area contributed by atoms with Crippen molar-refractivity contribution >= 4 is 0 Å². The predicted molar refractivity (Wildman–Crippen MR) is 45.3 cm³/mol. The molecule has 0 aromatic rings. The Morgan fingerprint density at radius 1 is 1.50 bits per heavy atom. The van der Waals surface area contributed by atoms with Crippen molar-refractivity contribution in [2.75, 3.05) is 13.2 Å². The van der Waals surface area contributed by atoms with Crippen LogP contribution in [0.5, 0.6) is 0 Å². The molecule has 3 nitrogen and oxygen atoms in total. The summed E-state index contributed by atoms with van der Waals surface area (Å²) in [4.78, 5) is 0. The van der Waals surface area contributed by atoms with Crippen LogP contribution >= 0.6 is 0 Å². The summed E-state index contributed by atoms with van der Waals surface area (Å²) in [5.74, 6) is -0.0100. The molecule has 2 fully saturated rings. The topological polar surface area (TPSA) is 44.5 Å². The lowest BCUT2D eigenvalue weighted by molar-refractivity contribution is -0.148. The zero-order valence-electron chi connectivity index (χ0n) is 7.38. The third kappa shape index (κ3) is 0.898. The Labute approximate surface area is 72.5 Å². The van der Waals surface area contributed by atoms with Gasteiger partial charge in [0, 0.05) is 11.5 Å². The van der Waals surface area contributed by atoms with E-state index in [0.717, 1.165) is 18.4 Å². The molecule has 0 aromatic heterocycles. The van der Waals surface area contributed by atoms with Crippen molar-refractivity contribution < 1.29 is 9.47 Å². The minimum absolute atomic E-state index is 0.440. The van der Waals surface area contributed by atoms with Gasteiger partial charge >= 0.3 is 0 Å². The number of hydrogen-bond donors (Lipinski definition) is 1. The molecule has 2 rings (SSSR count). The minimum Gasteiger partial charge on any atom is -0.404 e. The Kier molecular flexibility index (Phi) is 1.85. The van der Waals surface area contributed by atoms with Crippen LogP contribution in [0, 0.1) is 5.92 Å². The molecule has 12 heavy (non-hydrogen) atoms. The van der Waals surface area contributed by atoms with Gasteiger partial charge in [0.15, 0.2) is 5.79 Å². The molecular formula is C9H15NO2. The highest BCUT2D eigenvalue weighted by Gasteiger charge is 2.49. The summed E-state index contributed by atoms with van der Waals surface area (Å²) in [5, 5.41) is 0. The highest BCUT2D eigenvalue weighted by Crippen LogP contribution is 2.45. The second kappa shape index (κ2) is 2.75. The van der Waals surface area contributed by atoms with Gasteiger partial charge < -0.3 is 15.2 Å². The van der Waals surface area contributed by atoms with Gasteiger partial charge in [-0.15, -0.1) is 0 Å². The smallest absolute Gasteiger partial charge is 0.195 e. The monoisotopic (exact) mass is 169 g/mol. The van der Waals surface area contributed by atoms with Gasteiger partial charge in [0.1, 0.15) is 0 Å². The zero-order valence-corrected chi connectivity index (χ0v) is 7.38. The molecule has 0 radical (unpaired) electrons. The van der Waals surface area contributed by atoms with Crippen LogP contribution in [0.3, 0.4) is 0 Å². The Morgan fingerprint density at radius 2 is 2.17 bits per heavy atom. The number of ether oxygens (including phenoxy) is 2. The standard InChI is InChI=1S/C9H15NO2/c1-7-2-3-8(6-10)9(7)11-4-5-12-9/h6-7H,2-5,10H2,1H3/b8-6+. The average molecular weight is 169 g/mol. The first-order chi connectivity index (χ1) is 5.79.